The van der Waals surface area contributed by atoms with Crippen molar-refractivity contribution in [2.75, 3.05) is 6.54 Å². The molecule has 0 fully saturated rings. The summed E-state index contributed by atoms with van der Waals surface area (Å²) >= 11 is 0. The standard InChI is InChI=1S/C9H11NO2/c1-6(5-10)7-2-3-8(11)9(12)4-7/h2-4,11-12H,1,5,10H2. The third kappa shape index (κ3) is 1.57. The van der Waals surface area contributed by atoms with Gasteiger partial charge in [0.1, 0.15) is 0 Å². The molecular formula is C9H11NO2. The lowest BCUT2D eigenvalue weighted by Crippen LogP contribution is -2.00. The quantitative estimate of drug-likeness (QED) is 0.574. The minimum atomic E-state index is -0.151. The minimum Gasteiger partial charge on any atom is -0.504 e. The van der Waals surface area contributed by atoms with Gasteiger partial charge in [0.2, 0.25) is 0 Å². The number of phenolic OH excluding ortho intramolecular Hbond substituents is 2. The van der Waals surface area contributed by atoms with Crippen molar-refractivity contribution in [2.45, 2.75) is 0 Å². The molecule has 0 atom stereocenters. The Hall–Kier alpha value is -1.48. The molecule has 0 unspecified atom stereocenters. The Kier molecular flexibility index (Phi) is 2.35. The van der Waals surface area contributed by atoms with E-state index in [0.717, 1.165) is 11.1 Å². The Balaban J connectivity index is 3.05. The highest BCUT2D eigenvalue weighted by molar-refractivity contribution is 5.66. The van der Waals surface area contributed by atoms with Gasteiger partial charge < -0.3 is 15.9 Å². The van der Waals surface area contributed by atoms with Crippen molar-refractivity contribution in [3.63, 3.8) is 0 Å². The summed E-state index contributed by atoms with van der Waals surface area (Å²) in [5, 5.41) is 18.1. The van der Waals surface area contributed by atoms with E-state index >= 15 is 0 Å². The third-order valence-electron chi connectivity index (χ3n) is 1.63. The zero-order valence-corrected chi connectivity index (χ0v) is 6.62. The molecule has 3 nitrogen and oxygen atoms in total. The van der Waals surface area contributed by atoms with Gasteiger partial charge in [-0.05, 0) is 23.3 Å². The maximum Gasteiger partial charge on any atom is 0.158 e. The average Bonchev–Trinajstić information content (AvgIpc) is 2.08. The van der Waals surface area contributed by atoms with Gasteiger partial charge in [0, 0.05) is 6.54 Å². The highest BCUT2D eigenvalue weighted by Gasteiger charge is 2.01. The molecule has 0 aliphatic carbocycles. The van der Waals surface area contributed by atoms with Crippen LogP contribution in [0.15, 0.2) is 24.8 Å². The van der Waals surface area contributed by atoms with E-state index in [-0.39, 0.29) is 11.5 Å². The summed E-state index contributed by atoms with van der Waals surface area (Å²) in [6.45, 7) is 4.03. The molecular weight excluding hydrogens is 154 g/mol. The van der Waals surface area contributed by atoms with Crippen LogP contribution in [0.3, 0.4) is 0 Å². The number of hydrogen-bond donors (Lipinski definition) is 3. The van der Waals surface area contributed by atoms with Crippen LogP contribution in [0.25, 0.3) is 5.57 Å². The Morgan fingerprint density at radius 2 is 2.00 bits per heavy atom. The van der Waals surface area contributed by atoms with E-state index in [0.29, 0.717) is 6.54 Å². The fraction of sp³-hybridized carbons (Fsp3) is 0.111. The SMILES string of the molecule is C=C(CN)c1ccc(O)c(O)c1. The van der Waals surface area contributed by atoms with Crippen LogP contribution in [0.4, 0.5) is 0 Å². The number of aromatic hydroxyl groups is 2. The smallest absolute Gasteiger partial charge is 0.158 e. The monoisotopic (exact) mass is 165 g/mol. The van der Waals surface area contributed by atoms with Gasteiger partial charge in [0.05, 0.1) is 0 Å². The van der Waals surface area contributed by atoms with Crippen LogP contribution in [0.1, 0.15) is 5.56 Å². The minimum absolute atomic E-state index is 0.136. The van der Waals surface area contributed by atoms with E-state index in [1.807, 2.05) is 0 Å². The van der Waals surface area contributed by atoms with E-state index in [2.05, 4.69) is 6.58 Å². The van der Waals surface area contributed by atoms with Crippen LogP contribution in [0.5, 0.6) is 11.5 Å². The molecule has 4 N–H and O–H groups in total. The lowest BCUT2D eigenvalue weighted by Gasteiger charge is -2.03. The Morgan fingerprint density at radius 1 is 1.33 bits per heavy atom. The molecule has 64 valence electrons. The van der Waals surface area contributed by atoms with Crippen LogP contribution in [-0.4, -0.2) is 16.8 Å². The summed E-state index contributed by atoms with van der Waals surface area (Å²) in [7, 11) is 0. The van der Waals surface area contributed by atoms with Crippen LogP contribution >= 0.6 is 0 Å². The van der Waals surface area contributed by atoms with E-state index in [1.54, 1.807) is 6.07 Å². The summed E-state index contributed by atoms with van der Waals surface area (Å²) in [5.41, 5.74) is 6.82. The van der Waals surface area contributed by atoms with Gasteiger partial charge in [-0.25, -0.2) is 0 Å². The van der Waals surface area contributed by atoms with Gasteiger partial charge in [0.25, 0.3) is 0 Å². The van der Waals surface area contributed by atoms with Gasteiger partial charge >= 0.3 is 0 Å². The maximum absolute atomic E-state index is 9.11. The lowest BCUT2D eigenvalue weighted by molar-refractivity contribution is 0.403. The van der Waals surface area contributed by atoms with E-state index in [9.17, 15) is 0 Å². The molecule has 1 aromatic carbocycles. The number of benzene rings is 1. The number of hydrogen-bond acceptors (Lipinski definition) is 3. The molecule has 0 bridgehead atoms. The van der Waals surface area contributed by atoms with Gasteiger partial charge in [-0.3, -0.25) is 0 Å². The van der Waals surface area contributed by atoms with Crippen LogP contribution in [0.2, 0.25) is 0 Å². The highest BCUT2D eigenvalue weighted by atomic mass is 16.3. The predicted molar refractivity (Wildman–Crippen MR) is 47.9 cm³/mol. The number of phenols is 2. The second-order valence-electron chi connectivity index (χ2n) is 2.51. The molecule has 3 heteroatoms. The van der Waals surface area contributed by atoms with Crippen molar-refractivity contribution in [2.24, 2.45) is 5.73 Å². The van der Waals surface area contributed by atoms with Crippen molar-refractivity contribution in [3.8, 4) is 11.5 Å². The predicted octanol–water partition coefficient (Wildman–Crippen LogP) is 1.07. The summed E-state index contributed by atoms with van der Waals surface area (Å²) in [4.78, 5) is 0. The Labute approximate surface area is 70.8 Å². The normalized spacial score (nSPS) is 9.75. The topological polar surface area (TPSA) is 66.5 Å². The zero-order chi connectivity index (χ0) is 9.14. The van der Waals surface area contributed by atoms with Crippen LogP contribution in [-0.2, 0) is 0 Å². The summed E-state index contributed by atoms with van der Waals surface area (Å²) in [6.07, 6.45) is 0. The first-order chi connectivity index (χ1) is 5.65. The molecule has 0 saturated heterocycles. The highest BCUT2D eigenvalue weighted by Crippen LogP contribution is 2.27. The van der Waals surface area contributed by atoms with Crippen LogP contribution < -0.4 is 5.73 Å². The number of nitrogens with two attached hydrogens (primary N) is 1. The average molecular weight is 165 g/mol. The Bertz CT molecular complexity index is 307. The van der Waals surface area contributed by atoms with E-state index in [1.165, 1.54) is 12.1 Å². The first kappa shape index (κ1) is 8.62. The van der Waals surface area contributed by atoms with E-state index in [4.69, 9.17) is 15.9 Å². The molecule has 0 aliphatic heterocycles. The fourth-order valence-electron chi connectivity index (χ4n) is 0.861. The maximum atomic E-state index is 9.11. The second kappa shape index (κ2) is 3.28. The lowest BCUT2D eigenvalue weighted by atomic mass is 10.1. The second-order valence-corrected chi connectivity index (χ2v) is 2.51. The van der Waals surface area contributed by atoms with Crippen molar-refractivity contribution in [1.29, 1.82) is 0 Å². The van der Waals surface area contributed by atoms with Gasteiger partial charge in [-0.1, -0.05) is 12.6 Å². The third-order valence-corrected chi connectivity index (χ3v) is 1.63. The van der Waals surface area contributed by atoms with Crippen LogP contribution in [0, 0.1) is 0 Å². The molecule has 12 heavy (non-hydrogen) atoms. The molecule has 0 spiro atoms. The first-order valence-corrected chi connectivity index (χ1v) is 3.55. The van der Waals surface area contributed by atoms with Crippen molar-refractivity contribution in [1.82, 2.24) is 0 Å². The zero-order valence-electron chi connectivity index (χ0n) is 6.62. The molecule has 0 aliphatic rings. The van der Waals surface area contributed by atoms with Crippen molar-refractivity contribution >= 4 is 5.57 Å². The molecule has 1 rings (SSSR count). The van der Waals surface area contributed by atoms with Gasteiger partial charge in [0.15, 0.2) is 11.5 Å². The van der Waals surface area contributed by atoms with Crippen molar-refractivity contribution < 1.29 is 10.2 Å². The summed E-state index contributed by atoms with van der Waals surface area (Å²) in [5.74, 6) is -0.286. The molecule has 0 aromatic heterocycles. The van der Waals surface area contributed by atoms with Gasteiger partial charge in [-0.15, -0.1) is 0 Å². The van der Waals surface area contributed by atoms with Gasteiger partial charge in [-0.2, -0.15) is 0 Å². The largest absolute Gasteiger partial charge is 0.504 e. The number of rotatable bonds is 2. The Morgan fingerprint density at radius 3 is 2.50 bits per heavy atom. The fourth-order valence-corrected chi connectivity index (χ4v) is 0.861. The molecule has 0 saturated carbocycles. The summed E-state index contributed by atoms with van der Waals surface area (Å²) in [6, 6.07) is 4.50. The molecule has 0 radical (unpaired) electrons. The molecule has 1 aromatic rings. The first-order valence-electron chi connectivity index (χ1n) is 3.55. The molecule has 0 heterocycles. The van der Waals surface area contributed by atoms with E-state index < -0.39 is 0 Å². The van der Waals surface area contributed by atoms with Crippen molar-refractivity contribution in [3.05, 3.63) is 30.3 Å². The summed E-state index contributed by atoms with van der Waals surface area (Å²) < 4.78 is 0. The molecule has 0 amide bonds.